The molecule has 10 heteroatoms. The maximum atomic E-state index is 13.9. The fourth-order valence-electron chi connectivity index (χ4n) is 4.26. The van der Waals surface area contributed by atoms with Gasteiger partial charge in [-0.2, -0.15) is 0 Å². The van der Waals surface area contributed by atoms with Gasteiger partial charge in [-0.1, -0.05) is 37.3 Å². The van der Waals surface area contributed by atoms with Crippen LogP contribution in [-0.4, -0.2) is 68.8 Å². The van der Waals surface area contributed by atoms with Crippen molar-refractivity contribution >= 4 is 27.5 Å². The zero-order valence-corrected chi connectivity index (χ0v) is 23.7. The van der Waals surface area contributed by atoms with Crippen LogP contribution in [0.1, 0.15) is 46.6 Å². The number of rotatable bonds is 11. The van der Waals surface area contributed by atoms with Crippen LogP contribution in [0.3, 0.4) is 0 Å². The number of nitrogens with one attached hydrogen (secondary N) is 1. The van der Waals surface area contributed by atoms with E-state index in [9.17, 15) is 18.0 Å². The smallest absolute Gasteiger partial charge is 0.244 e. The summed E-state index contributed by atoms with van der Waals surface area (Å²) in [6.45, 7) is 9.60. The summed E-state index contributed by atoms with van der Waals surface area (Å²) >= 11 is 0. The first-order chi connectivity index (χ1) is 17.9. The van der Waals surface area contributed by atoms with E-state index in [0.717, 1.165) is 9.87 Å². The lowest BCUT2D eigenvalue weighted by atomic mass is 10.1. The van der Waals surface area contributed by atoms with Crippen molar-refractivity contribution in [2.24, 2.45) is 0 Å². The molecule has 0 aromatic heterocycles. The lowest BCUT2D eigenvalue weighted by Gasteiger charge is -2.34. The molecule has 1 heterocycles. The molecule has 208 valence electrons. The summed E-state index contributed by atoms with van der Waals surface area (Å²) in [6.07, 6.45) is 0.906. The fourth-order valence-corrected chi connectivity index (χ4v) is 5.31. The van der Waals surface area contributed by atoms with Crippen LogP contribution in [0.25, 0.3) is 0 Å². The zero-order valence-electron chi connectivity index (χ0n) is 22.9. The number of hydrogen-bond donors (Lipinski definition) is 1. The lowest BCUT2D eigenvalue weighted by Crippen LogP contribution is -2.56. The van der Waals surface area contributed by atoms with Gasteiger partial charge in [-0.25, -0.2) is 8.42 Å². The van der Waals surface area contributed by atoms with Gasteiger partial charge >= 0.3 is 0 Å². The maximum Gasteiger partial charge on any atom is 0.244 e. The number of carbonyl (C=O) groups is 2. The van der Waals surface area contributed by atoms with Crippen molar-refractivity contribution in [2.45, 2.75) is 59.0 Å². The van der Waals surface area contributed by atoms with Crippen molar-refractivity contribution in [3.63, 3.8) is 0 Å². The Morgan fingerprint density at radius 3 is 2.26 bits per heavy atom. The number of fused-ring (bicyclic) bond motifs is 1. The summed E-state index contributed by atoms with van der Waals surface area (Å²) in [7, 11) is -3.83. The van der Waals surface area contributed by atoms with E-state index in [0.29, 0.717) is 43.2 Å². The molecule has 1 aliphatic rings. The molecule has 1 atom stereocenters. The largest absolute Gasteiger partial charge is 0.486 e. The molecule has 0 radical (unpaired) electrons. The molecule has 0 aliphatic carbocycles. The van der Waals surface area contributed by atoms with Gasteiger partial charge in [-0.3, -0.25) is 13.9 Å². The van der Waals surface area contributed by atoms with Gasteiger partial charge in [0.1, 0.15) is 25.8 Å². The normalized spacial score (nSPS) is 13.9. The van der Waals surface area contributed by atoms with Crippen molar-refractivity contribution in [3.8, 4) is 11.5 Å². The first kappa shape index (κ1) is 29.3. The third kappa shape index (κ3) is 7.63. The Kier molecular flexibility index (Phi) is 9.65. The minimum atomic E-state index is -3.83. The highest BCUT2D eigenvalue weighted by molar-refractivity contribution is 7.92. The SMILES string of the molecule is CC[C@@H](C(=O)NC(C)(C)C)N(CCc1ccccc1)C(=O)CN(c1ccc2c(c1)OCCO2)S(=O)(=O)CC. The van der Waals surface area contributed by atoms with Crippen LogP contribution in [-0.2, 0) is 26.0 Å². The van der Waals surface area contributed by atoms with Gasteiger partial charge in [0.15, 0.2) is 11.5 Å². The number of sulfonamides is 1. The van der Waals surface area contributed by atoms with E-state index in [1.54, 1.807) is 18.2 Å². The van der Waals surface area contributed by atoms with Gasteiger partial charge in [0.2, 0.25) is 21.8 Å². The van der Waals surface area contributed by atoms with E-state index >= 15 is 0 Å². The van der Waals surface area contributed by atoms with Gasteiger partial charge in [0, 0.05) is 18.2 Å². The van der Waals surface area contributed by atoms with Crippen molar-refractivity contribution in [1.29, 1.82) is 0 Å². The third-order valence-electron chi connectivity index (χ3n) is 6.16. The highest BCUT2D eigenvalue weighted by Gasteiger charge is 2.33. The van der Waals surface area contributed by atoms with Gasteiger partial charge in [-0.05, 0) is 58.2 Å². The molecule has 0 fully saturated rings. The summed E-state index contributed by atoms with van der Waals surface area (Å²) in [5.41, 5.74) is 0.836. The molecule has 0 spiro atoms. The Labute approximate surface area is 226 Å². The third-order valence-corrected chi connectivity index (χ3v) is 7.90. The number of amides is 2. The molecule has 2 amide bonds. The number of benzene rings is 2. The average Bonchev–Trinajstić information content (AvgIpc) is 2.88. The summed E-state index contributed by atoms with van der Waals surface area (Å²) in [5, 5.41) is 2.97. The van der Waals surface area contributed by atoms with Gasteiger partial charge in [0.25, 0.3) is 0 Å². The van der Waals surface area contributed by atoms with Gasteiger partial charge in [0.05, 0.1) is 11.4 Å². The Morgan fingerprint density at radius 2 is 1.66 bits per heavy atom. The zero-order chi connectivity index (χ0) is 27.9. The van der Waals surface area contributed by atoms with Crippen LogP contribution in [0.2, 0.25) is 0 Å². The summed E-state index contributed by atoms with van der Waals surface area (Å²) in [6, 6.07) is 13.7. The molecule has 0 bridgehead atoms. The van der Waals surface area contributed by atoms with Crippen molar-refractivity contribution < 1.29 is 27.5 Å². The predicted molar refractivity (Wildman–Crippen MR) is 148 cm³/mol. The second-order valence-electron chi connectivity index (χ2n) is 10.2. The predicted octanol–water partition coefficient (Wildman–Crippen LogP) is 3.38. The van der Waals surface area contributed by atoms with Crippen LogP contribution in [0.5, 0.6) is 11.5 Å². The molecule has 3 rings (SSSR count). The molecule has 9 nitrogen and oxygen atoms in total. The maximum absolute atomic E-state index is 13.9. The summed E-state index contributed by atoms with van der Waals surface area (Å²) in [4.78, 5) is 28.6. The molecule has 1 aliphatic heterocycles. The Hall–Kier alpha value is -3.27. The van der Waals surface area contributed by atoms with E-state index in [1.165, 1.54) is 11.8 Å². The molecule has 1 N–H and O–H groups in total. The summed E-state index contributed by atoms with van der Waals surface area (Å²) in [5.74, 6) is 0.0267. The quantitative estimate of drug-likeness (QED) is 0.464. The fraction of sp³-hybridized carbons (Fsp3) is 0.500. The molecular formula is C28H39N3O6S. The topological polar surface area (TPSA) is 105 Å². The average molecular weight is 546 g/mol. The van der Waals surface area contributed by atoms with E-state index < -0.39 is 34.1 Å². The first-order valence-corrected chi connectivity index (χ1v) is 14.6. The Balaban J connectivity index is 1.94. The second-order valence-corrected chi connectivity index (χ2v) is 12.4. The van der Waals surface area contributed by atoms with E-state index in [-0.39, 0.29) is 18.2 Å². The van der Waals surface area contributed by atoms with Crippen LogP contribution >= 0.6 is 0 Å². The van der Waals surface area contributed by atoms with Crippen LogP contribution < -0.4 is 19.1 Å². The highest BCUT2D eigenvalue weighted by Crippen LogP contribution is 2.35. The lowest BCUT2D eigenvalue weighted by molar-refractivity contribution is -0.140. The molecule has 0 saturated heterocycles. The molecule has 0 saturated carbocycles. The minimum Gasteiger partial charge on any atom is -0.486 e. The Morgan fingerprint density at radius 1 is 1.00 bits per heavy atom. The number of ether oxygens (including phenoxy) is 2. The number of anilines is 1. The van der Waals surface area contributed by atoms with Crippen molar-refractivity contribution in [2.75, 3.05) is 36.4 Å². The number of carbonyl (C=O) groups excluding carboxylic acids is 2. The van der Waals surface area contributed by atoms with E-state index in [4.69, 9.17) is 9.47 Å². The minimum absolute atomic E-state index is 0.194. The summed E-state index contributed by atoms with van der Waals surface area (Å²) < 4.78 is 38.6. The van der Waals surface area contributed by atoms with Gasteiger partial charge in [-0.15, -0.1) is 0 Å². The molecule has 2 aromatic carbocycles. The number of nitrogens with zero attached hydrogens (tertiary/aromatic N) is 2. The second kappa shape index (κ2) is 12.5. The monoisotopic (exact) mass is 545 g/mol. The molecular weight excluding hydrogens is 506 g/mol. The van der Waals surface area contributed by atoms with Crippen LogP contribution in [0.15, 0.2) is 48.5 Å². The van der Waals surface area contributed by atoms with Crippen molar-refractivity contribution in [1.82, 2.24) is 10.2 Å². The molecule has 38 heavy (non-hydrogen) atoms. The first-order valence-electron chi connectivity index (χ1n) is 13.0. The molecule has 0 unspecified atom stereocenters. The van der Waals surface area contributed by atoms with Crippen LogP contribution in [0.4, 0.5) is 5.69 Å². The number of hydrogen-bond acceptors (Lipinski definition) is 6. The highest BCUT2D eigenvalue weighted by atomic mass is 32.2. The van der Waals surface area contributed by atoms with Crippen molar-refractivity contribution in [3.05, 3.63) is 54.1 Å². The van der Waals surface area contributed by atoms with Gasteiger partial charge < -0.3 is 19.7 Å². The molecule has 2 aromatic rings. The van der Waals surface area contributed by atoms with Crippen LogP contribution in [0, 0.1) is 0 Å². The van der Waals surface area contributed by atoms with E-state index in [2.05, 4.69) is 5.32 Å². The standard InChI is InChI=1S/C28H39N3O6S/c1-6-23(27(33)29-28(3,4)5)30(16-15-21-11-9-8-10-12-21)26(32)20-31(38(34,35)7-2)22-13-14-24-25(19-22)37-18-17-36-24/h8-14,19,23H,6-7,15-18,20H2,1-5H3,(H,29,33)/t23-/m0/s1. The Bertz CT molecular complexity index is 1210. The van der Waals surface area contributed by atoms with E-state index in [1.807, 2.05) is 58.0 Å².